The van der Waals surface area contributed by atoms with Gasteiger partial charge in [0, 0.05) is 25.3 Å². The summed E-state index contributed by atoms with van der Waals surface area (Å²) in [4.78, 5) is 52.0. The van der Waals surface area contributed by atoms with Crippen molar-refractivity contribution in [3.05, 3.63) is 48.4 Å². The van der Waals surface area contributed by atoms with Gasteiger partial charge >= 0.3 is 6.03 Å². The van der Waals surface area contributed by atoms with Crippen molar-refractivity contribution >= 4 is 29.4 Å². The van der Waals surface area contributed by atoms with Gasteiger partial charge in [0.25, 0.3) is 5.91 Å². The van der Waals surface area contributed by atoms with Gasteiger partial charge in [0.2, 0.25) is 11.8 Å². The third-order valence-corrected chi connectivity index (χ3v) is 5.01. The molecule has 1 aliphatic rings. The first kappa shape index (κ1) is 22.7. The molecule has 1 fully saturated rings. The molecule has 0 unspecified atom stereocenters. The number of urea groups is 1. The molecule has 1 aromatic carbocycles. The quantitative estimate of drug-likeness (QED) is 0.572. The molecule has 0 aliphatic carbocycles. The molecule has 1 saturated heterocycles. The van der Waals surface area contributed by atoms with Crippen LogP contribution in [-0.4, -0.2) is 72.9 Å². The summed E-state index contributed by atoms with van der Waals surface area (Å²) in [5, 5.41) is 5.48. The van der Waals surface area contributed by atoms with Gasteiger partial charge in [-0.2, -0.15) is 0 Å². The molecule has 3 rings (SSSR count). The number of carbonyl (C=O) groups excluding carboxylic acids is 4. The number of amides is 5. The van der Waals surface area contributed by atoms with Crippen molar-refractivity contribution < 1.29 is 28.3 Å². The van der Waals surface area contributed by atoms with E-state index >= 15 is 0 Å². The van der Waals surface area contributed by atoms with Crippen LogP contribution in [0.2, 0.25) is 0 Å². The number of methoxy groups -OCH3 is 1. The molecule has 0 radical (unpaired) electrons. The summed E-state index contributed by atoms with van der Waals surface area (Å²) in [6.07, 6.45) is 1.52. The lowest BCUT2D eigenvalue weighted by Gasteiger charge is -2.26. The fourth-order valence-corrected chi connectivity index (χ4v) is 3.56. The van der Waals surface area contributed by atoms with Gasteiger partial charge in [-0.05, 0) is 30.7 Å². The second kappa shape index (κ2) is 9.86. The maximum absolute atomic E-state index is 12.9. The van der Waals surface area contributed by atoms with Crippen LogP contribution in [0.4, 0.5) is 10.5 Å². The number of ether oxygens (including phenoxy) is 1. The normalized spacial score (nSPS) is 17.5. The SMILES string of the molecule is COc1cccc(NC(=O)N[C@H]2C[C@@H](C(=O)N(C)CC(N)=O)N(C(=O)c3ccco3)C2)c1. The molecule has 1 aliphatic heterocycles. The summed E-state index contributed by atoms with van der Waals surface area (Å²) in [7, 11) is 2.95. The molecule has 1 aromatic heterocycles. The Bertz CT molecular complexity index is 992. The van der Waals surface area contributed by atoms with Gasteiger partial charge in [0.15, 0.2) is 5.76 Å². The summed E-state index contributed by atoms with van der Waals surface area (Å²) < 4.78 is 10.3. The molecule has 170 valence electrons. The van der Waals surface area contributed by atoms with E-state index < -0.39 is 35.8 Å². The largest absolute Gasteiger partial charge is 0.497 e. The zero-order chi connectivity index (χ0) is 23.3. The Morgan fingerprint density at radius 3 is 2.69 bits per heavy atom. The van der Waals surface area contributed by atoms with Crippen LogP contribution in [0.5, 0.6) is 5.75 Å². The van der Waals surface area contributed by atoms with Crippen LogP contribution >= 0.6 is 0 Å². The molecule has 5 amide bonds. The molecule has 0 spiro atoms. The number of furan rings is 1. The number of rotatable bonds is 7. The zero-order valence-electron chi connectivity index (χ0n) is 17.7. The van der Waals surface area contributed by atoms with Crippen molar-refractivity contribution in [1.29, 1.82) is 0 Å². The van der Waals surface area contributed by atoms with Crippen molar-refractivity contribution in [2.75, 3.05) is 32.6 Å². The molecule has 2 aromatic rings. The molecule has 0 saturated carbocycles. The lowest BCUT2D eigenvalue weighted by atomic mass is 10.1. The highest BCUT2D eigenvalue weighted by molar-refractivity contribution is 5.97. The Hall–Kier alpha value is -4.02. The molecule has 11 heteroatoms. The standard InChI is InChI=1S/C21H25N5O6/c1-25(12-18(22)27)19(28)16-10-14(11-26(16)20(29)17-7-4-8-32-17)24-21(30)23-13-5-3-6-15(9-13)31-2/h3-9,14,16H,10-12H2,1-2H3,(H2,22,27)(H2,23,24,30)/t14-,16-/m0/s1. The number of nitrogens with zero attached hydrogens (tertiary/aromatic N) is 2. The summed E-state index contributed by atoms with van der Waals surface area (Å²) in [5.74, 6) is -0.960. The smallest absolute Gasteiger partial charge is 0.319 e. The molecule has 4 N–H and O–H groups in total. The maximum Gasteiger partial charge on any atom is 0.319 e. The van der Waals surface area contributed by atoms with E-state index in [2.05, 4.69) is 10.6 Å². The molecule has 2 heterocycles. The molecular weight excluding hydrogens is 418 g/mol. The predicted molar refractivity (Wildman–Crippen MR) is 114 cm³/mol. The number of nitrogens with two attached hydrogens (primary N) is 1. The summed E-state index contributed by atoms with van der Waals surface area (Å²) in [6.45, 7) is -0.196. The minimum absolute atomic E-state index is 0.0711. The Labute approximate surface area is 184 Å². The van der Waals surface area contributed by atoms with Gasteiger partial charge in [-0.25, -0.2) is 4.79 Å². The van der Waals surface area contributed by atoms with Crippen molar-refractivity contribution in [3.63, 3.8) is 0 Å². The Balaban J connectivity index is 1.71. The van der Waals surface area contributed by atoms with E-state index in [4.69, 9.17) is 14.9 Å². The highest BCUT2D eigenvalue weighted by Crippen LogP contribution is 2.23. The highest BCUT2D eigenvalue weighted by atomic mass is 16.5. The Morgan fingerprint density at radius 1 is 1.25 bits per heavy atom. The van der Waals surface area contributed by atoms with Crippen molar-refractivity contribution in [2.24, 2.45) is 5.73 Å². The lowest BCUT2D eigenvalue weighted by molar-refractivity contribution is -0.137. The van der Waals surface area contributed by atoms with E-state index in [0.717, 1.165) is 4.90 Å². The van der Waals surface area contributed by atoms with Gasteiger partial charge in [-0.15, -0.1) is 0 Å². The maximum atomic E-state index is 12.9. The number of hydrogen-bond donors (Lipinski definition) is 3. The average molecular weight is 443 g/mol. The number of anilines is 1. The second-order valence-corrected chi connectivity index (χ2v) is 7.37. The monoisotopic (exact) mass is 443 g/mol. The highest BCUT2D eigenvalue weighted by Gasteiger charge is 2.42. The molecule has 0 bridgehead atoms. The Morgan fingerprint density at radius 2 is 2.03 bits per heavy atom. The van der Waals surface area contributed by atoms with E-state index in [1.165, 1.54) is 31.4 Å². The van der Waals surface area contributed by atoms with Crippen LogP contribution in [0.15, 0.2) is 47.1 Å². The number of carbonyl (C=O) groups is 4. The van der Waals surface area contributed by atoms with Gasteiger partial charge in [0.1, 0.15) is 11.8 Å². The lowest BCUT2D eigenvalue weighted by Crippen LogP contribution is -2.48. The number of likely N-dealkylation sites (N-methyl/N-ethyl adjacent to an activating group) is 1. The van der Waals surface area contributed by atoms with E-state index in [1.807, 2.05) is 0 Å². The fraction of sp³-hybridized carbons (Fsp3) is 0.333. The van der Waals surface area contributed by atoms with Crippen molar-refractivity contribution in [1.82, 2.24) is 15.1 Å². The van der Waals surface area contributed by atoms with Gasteiger partial charge in [-0.3, -0.25) is 14.4 Å². The topological polar surface area (TPSA) is 147 Å². The number of likely N-dealkylation sites (tertiary alicyclic amines) is 1. The van der Waals surface area contributed by atoms with Crippen LogP contribution in [0, 0.1) is 0 Å². The van der Waals surface area contributed by atoms with E-state index in [9.17, 15) is 19.2 Å². The second-order valence-electron chi connectivity index (χ2n) is 7.37. The summed E-state index contributed by atoms with van der Waals surface area (Å²) in [6, 6.07) is 8.01. The third-order valence-electron chi connectivity index (χ3n) is 5.01. The summed E-state index contributed by atoms with van der Waals surface area (Å²) in [5.41, 5.74) is 5.71. The minimum Gasteiger partial charge on any atom is -0.497 e. The van der Waals surface area contributed by atoms with Gasteiger partial charge in [-0.1, -0.05) is 6.07 Å². The molecule has 32 heavy (non-hydrogen) atoms. The molecule has 11 nitrogen and oxygen atoms in total. The van der Waals surface area contributed by atoms with Crippen LogP contribution in [0.1, 0.15) is 17.0 Å². The minimum atomic E-state index is -0.890. The van der Waals surface area contributed by atoms with Crippen LogP contribution in [0.25, 0.3) is 0 Å². The van der Waals surface area contributed by atoms with Gasteiger partial charge < -0.3 is 35.3 Å². The fourth-order valence-electron chi connectivity index (χ4n) is 3.56. The van der Waals surface area contributed by atoms with Crippen molar-refractivity contribution in [2.45, 2.75) is 18.5 Å². The van der Waals surface area contributed by atoms with Crippen molar-refractivity contribution in [3.8, 4) is 5.75 Å². The first-order chi connectivity index (χ1) is 15.3. The predicted octanol–water partition coefficient (Wildman–Crippen LogP) is 0.637. The van der Waals surface area contributed by atoms with E-state index in [-0.39, 0.29) is 25.3 Å². The number of hydrogen-bond acceptors (Lipinski definition) is 6. The van der Waals surface area contributed by atoms with Gasteiger partial charge in [0.05, 0.1) is 26.0 Å². The van der Waals surface area contributed by atoms with E-state index in [0.29, 0.717) is 11.4 Å². The first-order valence-corrected chi connectivity index (χ1v) is 9.87. The van der Waals surface area contributed by atoms with Crippen LogP contribution < -0.4 is 21.1 Å². The number of nitrogens with one attached hydrogen (secondary N) is 2. The van der Waals surface area contributed by atoms with E-state index in [1.54, 1.807) is 30.3 Å². The molecule has 2 atom stereocenters. The molecular formula is C21H25N5O6. The number of benzene rings is 1. The average Bonchev–Trinajstić information content (AvgIpc) is 3.42. The first-order valence-electron chi connectivity index (χ1n) is 9.87. The third kappa shape index (κ3) is 5.36. The van der Waals surface area contributed by atoms with Crippen LogP contribution in [0.3, 0.4) is 0 Å². The Kier molecular flexibility index (Phi) is 6.98. The zero-order valence-corrected chi connectivity index (χ0v) is 17.7. The van der Waals surface area contributed by atoms with Crippen LogP contribution in [-0.2, 0) is 9.59 Å². The number of primary amides is 1. The summed E-state index contributed by atoms with van der Waals surface area (Å²) >= 11 is 0.